The zero-order valence-corrected chi connectivity index (χ0v) is 14.0. The van der Waals surface area contributed by atoms with Gasteiger partial charge in [0.05, 0.1) is 30.7 Å². The van der Waals surface area contributed by atoms with Crippen LogP contribution in [0.4, 0.5) is 10.5 Å². The van der Waals surface area contributed by atoms with Crippen LogP contribution < -0.4 is 4.90 Å². The summed E-state index contributed by atoms with van der Waals surface area (Å²) < 4.78 is 7.53. The van der Waals surface area contributed by atoms with E-state index in [-0.39, 0.29) is 6.09 Å². The number of hydrogen-bond donors (Lipinski definition) is 0. The van der Waals surface area contributed by atoms with Crippen molar-refractivity contribution in [3.8, 4) is 0 Å². The SMILES string of the molecule is CC1CCCN1c1cnn2c1CN(C(=O)OC(C)(C)C)CC2. The second kappa shape index (κ2) is 5.48. The van der Waals surface area contributed by atoms with Crippen LogP contribution in [0.15, 0.2) is 6.20 Å². The summed E-state index contributed by atoms with van der Waals surface area (Å²) in [5, 5.41) is 4.50. The zero-order valence-electron chi connectivity index (χ0n) is 14.0. The van der Waals surface area contributed by atoms with Crippen molar-refractivity contribution in [1.29, 1.82) is 0 Å². The highest BCUT2D eigenvalue weighted by molar-refractivity contribution is 5.69. The first-order valence-electron chi connectivity index (χ1n) is 8.14. The van der Waals surface area contributed by atoms with Gasteiger partial charge in [0, 0.05) is 19.1 Å². The van der Waals surface area contributed by atoms with Gasteiger partial charge in [-0.15, -0.1) is 0 Å². The second-order valence-corrected chi connectivity index (χ2v) is 7.29. The molecule has 3 rings (SSSR count). The van der Waals surface area contributed by atoms with Crippen LogP contribution in [0.5, 0.6) is 0 Å². The molecule has 122 valence electrons. The van der Waals surface area contributed by atoms with Crippen LogP contribution >= 0.6 is 0 Å². The fourth-order valence-electron chi connectivity index (χ4n) is 3.24. The Morgan fingerprint density at radius 3 is 2.73 bits per heavy atom. The maximum atomic E-state index is 12.3. The molecule has 0 saturated carbocycles. The van der Waals surface area contributed by atoms with Crippen LogP contribution in [0.3, 0.4) is 0 Å². The fourth-order valence-corrected chi connectivity index (χ4v) is 3.24. The third kappa shape index (κ3) is 2.91. The average Bonchev–Trinajstić information content (AvgIpc) is 3.01. The van der Waals surface area contributed by atoms with E-state index in [1.165, 1.54) is 18.5 Å². The summed E-state index contributed by atoms with van der Waals surface area (Å²) >= 11 is 0. The van der Waals surface area contributed by atoms with Gasteiger partial charge in [-0.2, -0.15) is 5.10 Å². The van der Waals surface area contributed by atoms with Crippen molar-refractivity contribution in [3.63, 3.8) is 0 Å². The molecule has 1 fully saturated rings. The van der Waals surface area contributed by atoms with Gasteiger partial charge in [0.15, 0.2) is 0 Å². The molecule has 1 saturated heterocycles. The Hall–Kier alpha value is -1.72. The van der Waals surface area contributed by atoms with Crippen LogP contribution in [-0.2, 0) is 17.8 Å². The van der Waals surface area contributed by atoms with Crippen molar-refractivity contribution in [1.82, 2.24) is 14.7 Å². The van der Waals surface area contributed by atoms with Gasteiger partial charge in [0.2, 0.25) is 0 Å². The van der Waals surface area contributed by atoms with Crippen LogP contribution in [0.25, 0.3) is 0 Å². The van der Waals surface area contributed by atoms with E-state index in [2.05, 4.69) is 16.9 Å². The Kier molecular flexibility index (Phi) is 3.78. The summed E-state index contributed by atoms with van der Waals surface area (Å²) in [4.78, 5) is 16.5. The molecule has 0 N–H and O–H groups in total. The standard InChI is InChI=1S/C16H26N4O2/c1-12-6-5-7-19(12)13-10-17-20-9-8-18(11-14(13)20)15(21)22-16(2,3)4/h10,12H,5-9,11H2,1-4H3. The summed E-state index contributed by atoms with van der Waals surface area (Å²) in [5.74, 6) is 0. The molecule has 3 heterocycles. The van der Waals surface area contributed by atoms with E-state index in [1.54, 1.807) is 4.90 Å². The lowest BCUT2D eigenvalue weighted by atomic mass is 10.2. The molecule has 1 atom stereocenters. The van der Waals surface area contributed by atoms with Crippen LogP contribution in [-0.4, -0.2) is 45.5 Å². The van der Waals surface area contributed by atoms with E-state index >= 15 is 0 Å². The Balaban J connectivity index is 1.77. The first kappa shape index (κ1) is 15.2. The number of amides is 1. The molecule has 0 radical (unpaired) electrons. The molecule has 6 nitrogen and oxygen atoms in total. The third-order valence-corrected chi connectivity index (χ3v) is 4.36. The maximum absolute atomic E-state index is 12.3. The second-order valence-electron chi connectivity index (χ2n) is 7.29. The molecule has 0 aliphatic carbocycles. The van der Waals surface area contributed by atoms with Gasteiger partial charge in [-0.3, -0.25) is 4.68 Å². The van der Waals surface area contributed by atoms with Gasteiger partial charge < -0.3 is 14.5 Å². The van der Waals surface area contributed by atoms with Gasteiger partial charge in [-0.1, -0.05) is 0 Å². The third-order valence-electron chi connectivity index (χ3n) is 4.36. The van der Waals surface area contributed by atoms with E-state index < -0.39 is 5.60 Å². The van der Waals surface area contributed by atoms with E-state index in [0.29, 0.717) is 19.1 Å². The van der Waals surface area contributed by atoms with Gasteiger partial charge >= 0.3 is 6.09 Å². The first-order chi connectivity index (χ1) is 10.3. The monoisotopic (exact) mass is 306 g/mol. The van der Waals surface area contributed by atoms with Crippen molar-refractivity contribution < 1.29 is 9.53 Å². The number of hydrogen-bond acceptors (Lipinski definition) is 4. The molecule has 2 aliphatic rings. The zero-order chi connectivity index (χ0) is 15.9. The summed E-state index contributed by atoms with van der Waals surface area (Å²) in [5.41, 5.74) is 1.85. The van der Waals surface area contributed by atoms with Crippen molar-refractivity contribution in [2.45, 2.75) is 65.3 Å². The van der Waals surface area contributed by atoms with E-state index in [0.717, 1.165) is 18.8 Å². The number of carbonyl (C=O) groups excluding carboxylic acids is 1. The summed E-state index contributed by atoms with van der Waals surface area (Å²) in [6, 6.07) is 0.547. The number of nitrogens with zero attached hydrogens (tertiary/aromatic N) is 4. The predicted octanol–water partition coefficient (Wildman–Crippen LogP) is 2.62. The van der Waals surface area contributed by atoms with Crippen LogP contribution in [0.2, 0.25) is 0 Å². The van der Waals surface area contributed by atoms with Gasteiger partial charge in [-0.05, 0) is 40.5 Å². The molecule has 2 aliphatic heterocycles. The first-order valence-corrected chi connectivity index (χ1v) is 8.14. The molecule has 0 aromatic carbocycles. The minimum absolute atomic E-state index is 0.236. The van der Waals surface area contributed by atoms with Crippen molar-refractivity contribution in [3.05, 3.63) is 11.9 Å². The normalized spacial score (nSPS) is 21.9. The Labute approximate surface area is 132 Å². The minimum atomic E-state index is -0.457. The summed E-state index contributed by atoms with van der Waals surface area (Å²) in [6.07, 6.45) is 4.16. The van der Waals surface area contributed by atoms with Gasteiger partial charge in [0.25, 0.3) is 0 Å². The molecule has 6 heteroatoms. The number of fused-ring (bicyclic) bond motifs is 1. The minimum Gasteiger partial charge on any atom is -0.444 e. The predicted molar refractivity (Wildman–Crippen MR) is 84.9 cm³/mol. The van der Waals surface area contributed by atoms with Crippen LogP contribution in [0, 0.1) is 0 Å². The quantitative estimate of drug-likeness (QED) is 0.800. The topological polar surface area (TPSA) is 50.6 Å². The lowest BCUT2D eigenvalue weighted by Gasteiger charge is -2.32. The molecule has 0 bridgehead atoms. The largest absolute Gasteiger partial charge is 0.444 e. The van der Waals surface area contributed by atoms with Crippen molar-refractivity contribution >= 4 is 11.8 Å². The number of aromatic nitrogens is 2. The number of rotatable bonds is 1. The summed E-state index contributed by atoms with van der Waals surface area (Å²) in [6.45, 7) is 11.0. The van der Waals surface area contributed by atoms with Gasteiger partial charge in [0.1, 0.15) is 5.60 Å². The maximum Gasteiger partial charge on any atom is 0.410 e. The summed E-state index contributed by atoms with van der Waals surface area (Å²) in [7, 11) is 0. The molecule has 22 heavy (non-hydrogen) atoms. The lowest BCUT2D eigenvalue weighted by Crippen LogP contribution is -2.42. The van der Waals surface area contributed by atoms with Crippen molar-refractivity contribution in [2.24, 2.45) is 0 Å². The highest BCUT2D eigenvalue weighted by Gasteiger charge is 2.31. The Bertz CT molecular complexity index is 561. The highest BCUT2D eigenvalue weighted by atomic mass is 16.6. The Morgan fingerprint density at radius 2 is 2.09 bits per heavy atom. The number of ether oxygens (including phenoxy) is 1. The average molecular weight is 306 g/mol. The molecule has 0 spiro atoms. The van der Waals surface area contributed by atoms with Crippen molar-refractivity contribution in [2.75, 3.05) is 18.0 Å². The fraction of sp³-hybridized carbons (Fsp3) is 0.750. The van der Waals surface area contributed by atoms with E-state index in [1.807, 2.05) is 31.6 Å². The lowest BCUT2D eigenvalue weighted by molar-refractivity contribution is 0.0195. The molecule has 1 unspecified atom stereocenters. The smallest absolute Gasteiger partial charge is 0.410 e. The number of anilines is 1. The number of carbonyl (C=O) groups is 1. The molecule has 1 aromatic heterocycles. The van der Waals surface area contributed by atoms with Crippen LogP contribution in [0.1, 0.15) is 46.2 Å². The highest BCUT2D eigenvalue weighted by Crippen LogP contribution is 2.31. The molecule has 1 aromatic rings. The van der Waals surface area contributed by atoms with E-state index in [4.69, 9.17) is 4.74 Å². The molecular formula is C16H26N4O2. The Morgan fingerprint density at radius 1 is 1.32 bits per heavy atom. The van der Waals surface area contributed by atoms with Gasteiger partial charge in [-0.25, -0.2) is 4.79 Å². The molecular weight excluding hydrogens is 280 g/mol. The molecule has 1 amide bonds. The van der Waals surface area contributed by atoms with E-state index in [9.17, 15) is 4.79 Å².